The standard InChI is InChI=1S/C16H21NS/c1-4-15(16-6-5-9-18-16)17-11-14-8-7-12(2)13(3)10-14/h5-10,15,17H,4,11H2,1-3H3. The summed E-state index contributed by atoms with van der Waals surface area (Å²) in [5.41, 5.74) is 4.11. The summed E-state index contributed by atoms with van der Waals surface area (Å²) in [5, 5.41) is 5.79. The van der Waals surface area contributed by atoms with Crippen LogP contribution in [0, 0.1) is 13.8 Å². The van der Waals surface area contributed by atoms with E-state index in [9.17, 15) is 0 Å². The Morgan fingerprint density at radius 3 is 2.61 bits per heavy atom. The van der Waals surface area contributed by atoms with Crippen molar-refractivity contribution in [3.05, 3.63) is 57.3 Å². The van der Waals surface area contributed by atoms with E-state index in [2.05, 4.69) is 61.8 Å². The maximum atomic E-state index is 3.65. The number of hydrogen-bond acceptors (Lipinski definition) is 2. The molecule has 2 aromatic rings. The largest absolute Gasteiger partial charge is 0.305 e. The minimum Gasteiger partial charge on any atom is -0.305 e. The molecule has 0 radical (unpaired) electrons. The Hall–Kier alpha value is -1.12. The van der Waals surface area contributed by atoms with Gasteiger partial charge in [0.25, 0.3) is 0 Å². The predicted octanol–water partition coefficient (Wildman–Crippen LogP) is 4.61. The SMILES string of the molecule is CCC(NCc1ccc(C)c(C)c1)c1cccs1. The number of thiophene rings is 1. The third-order valence-electron chi connectivity index (χ3n) is 3.42. The molecule has 0 saturated carbocycles. The second-order valence-corrected chi connectivity index (χ2v) is 5.76. The highest BCUT2D eigenvalue weighted by atomic mass is 32.1. The van der Waals surface area contributed by atoms with Crippen LogP contribution >= 0.6 is 11.3 Å². The van der Waals surface area contributed by atoms with Crippen LogP contribution in [0.3, 0.4) is 0 Å². The number of aryl methyl sites for hydroxylation is 2. The van der Waals surface area contributed by atoms with Crippen molar-refractivity contribution >= 4 is 11.3 Å². The molecule has 96 valence electrons. The van der Waals surface area contributed by atoms with E-state index >= 15 is 0 Å². The molecule has 2 heteroatoms. The van der Waals surface area contributed by atoms with Crippen molar-refractivity contribution in [2.45, 2.75) is 39.8 Å². The van der Waals surface area contributed by atoms with Crippen molar-refractivity contribution in [3.63, 3.8) is 0 Å². The van der Waals surface area contributed by atoms with E-state index in [4.69, 9.17) is 0 Å². The zero-order valence-electron chi connectivity index (χ0n) is 11.4. The van der Waals surface area contributed by atoms with Gasteiger partial charge >= 0.3 is 0 Å². The van der Waals surface area contributed by atoms with Crippen LogP contribution in [-0.2, 0) is 6.54 Å². The molecule has 0 spiro atoms. The van der Waals surface area contributed by atoms with Crippen LogP contribution in [0.5, 0.6) is 0 Å². The van der Waals surface area contributed by atoms with Crippen molar-refractivity contribution in [1.29, 1.82) is 0 Å². The van der Waals surface area contributed by atoms with Gasteiger partial charge < -0.3 is 5.32 Å². The first-order valence-corrected chi connectivity index (χ1v) is 7.41. The van der Waals surface area contributed by atoms with Crippen LogP contribution in [0.4, 0.5) is 0 Å². The van der Waals surface area contributed by atoms with Crippen LogP contribution < -0.4 is 5.32 Å². The zero-order valence-corrected chi connectivity index (χ0v) is 12.2. The zero-order chi connectivity index (χ0) is 13.0. The molecule has 1 heterocycles. The number of rotatable bonds is 5. The number of hydrogen-bond donors (Lipinski definition) is 1. The van der Waals surface area contributed by atoms with E-state index in [1.165, 1.54) is 21.6 Å². The summed E-state index contributed by atoms with van der Waals surface area (Å²) in [4.78, 5) is 1.43. The smallest absolute Gasteiger partial charge is 0.0414 e. The van der Waals surface area contributed by atoms with Gasteiger partial charge in [0, 0.05) is 17.5 Å². The maximum Gasteiger partial charge on any atom is 0.0414 e. The molecule has 1 nitrogen and oxygen atoms in total. The Kier molecular flexibility index (Phi) is 4.56. The molecular weight excluding hydrogens is 238 g/mol. The first kappa shape index (κ1) is 13.3. The van der Waals surface area contributed by atoms with Crippen molar-refractivity contribution < 1.29 is 0 Å². The van der Waals surface area contributed by atoms with Gasteiger partial charge in [-0.1, -0.05) is 31.2 Å². The van der Waals surface area contributed by atoms with E-state index in [1.54, 1.807) is 0 Å². The highest BCUT2D eigenvalue weighted by Gasteiger charge is 2.09. The highest BCUT2D eigenvalue weighted by Crippen LogP contribution is 2.22. The van der Waals surface area contributed by atoms with Gasteiger partial charge in [0.15, 0.2) is 0 Å². The molecule has 1 aromatic heterocycles. The summed E-state index contributed by atoms with van der Waals surface area (Å²) in [6, 6.07) is 11.5. The Balaban J connectivity index is 1.99. The molecule has 18 heavy (non-hydrogen) atoms. The lowest BCUT2D eigenvalue weighted by Crippen LogP contribution is -2.19. The van der Waals surface area contributed by atoms with Gasteiger partial charge in [0.1, 0.15) is 0 Å². The van der Waals surface area contributed by atoms with Crippen LogP contribution in [0.25, 0.3) is 0 Å². The van der Waals surface area contributed by atoms with Crippen molar-refractivity contribution in [3.8, 4) is 0 Å². The molecule has 0 fully saturated rings. The highest BCUT2D eigenvalue weighted by molar-refractivity contribution is 7.10. The van der Waals surface area contributed by atoms with Crippen molar-refractivity contribution in [1.82, 2.24) is 5.32 Å². The number of benzene rings is 1. The lowest BCUT2D eigenvalue weighted by molar-refractivity contribution is 0.526. The lowest BCUT2D eigenvalue weighted by atomic mass is 10.1. The van der Waals surface area contributed by atoms with Gasteiger partial charge in [0.05, 0.1) is 0 Å². The second-order valence-electron chi connectivity index (χ2n) is 4.78. The van der Waals surface area contributed by atoms with Crippen LogP contribution in [0.2, 0.25) is 0 Å². The third kappa shape index (κ3) is 3.21. The minimum atomic E-state index is 0.478. The van der Waals surface area contributed by atoms with Crippen molar-refractivity contribution in [2.75, 3.05) is 0 Å². The van der Waals surface area contributed by atoms with Crippen LogP contribution in [-0.4, -0.2) is 0 Å². The fourth-order valence-corrected chi connectivity index (χ4v) is 2.98. The molecule has 2 rings (SSSR count). The van der Waals surface area contributed by atoms with Crippen LogP contribution in [0.1, 0.15) is 41.0 Å². The summed E-state index contributed by atoms with van der Waals surface area (Å²) < 4.78 is 0. The van der Waals surface area contributed by atoms with Gasteiger partial charge in [0.2, 0.25) is 0 Å². The van der Waals surface area contributed by atoms with Gasteiger partial charge in [-0.3, -0.25) is 0 Å². The summed E-state index contributed by atoms with van der Waals surface area (Å²) in [6.45, 7) is 7.51. The fraction of sp³-hybridized carbons (Fsp3) is 0.375. The molecule has 1 atom stereocenters. The molecule has 1 N–H and O–H groups in total. The third-order valence-corrected chi connectivity index (χ3v) is 4.40. The Morgan fingerprint density at radius 2 is 2.00 bits per heavy atom. The van der Waals surface area contributed by atoms with Gasteiger partial charge in [-0.15, -0.1) is 11.3 Å². The molecule has 0 aliphatic heterocycles. The molecular formula is C16H21NS. The van der Waals surface area contributed by atoms with Gasteiger partial charge in [-0.05, 0) is 48.4 Å². The minimum absolute atomic E-state index is 0.478. The second kappa shape index (κ2) is 6.17. The molecule has 0 amide bonds. The maximum absolute atomic E-state index is 3.65. The molecule has 1 aromatic carbocycles. The molecule has 0 aliphatic rings. The van der Waals surface area contributed by atoms with Gasteiger partial charge in [-0.2, -0.15) is 0 Å². The summed E-state index contributed by atoms with van der Waals surface area (Å²) in [7, 11) is 0. The molecule has 0 saturated heterocycles. The topological polar surface area (TPSA) is 12.0 Å². The van der Waals surface area contributed by atoms with E-state index in [1.807, 2.05) is 11.3 Å². The first-order valence-electron chi connectivity index (χ1n) is 6.53. The fourth-order valence-electron chi connectivity index (χ4n) is 2.09. The predicted molar refractivity (Wildman–Crippen MR) is 80.1 cm³/mol. The van der Waals surface area contributed by atoms with Crippen LogP contribution in [0.15, 0.2) is 35.7 Å². The Morgan fingerprint density at radius 1 is 1.17 bits per heavy atom. The Labute approximate surface area is 114 Å². The Bertz CT molecular complexity index is 488. The molecule has 0 bridgehead atoms. The van der Waals surface area contributed by atoms with E-state index in [0.717, 1.165) is 13.0 Å². The monoisotopic (exact) mass is 259 g/mol. The average Bonchev–Trinajstić information content (AvgIpc) is 2.88. The molecule has 0 aliphatic carbocycles. The average molecular weight is 259 g/mol. The van der Waals surface area contributed by atoms with Gasteiger partial charge in [-0.25, -0.2) is 0 Å². The lowest BCUT2D eigenvalue weighted by Gasteiger charge is -2.16. The van der Waals surface area contributed by atoms with E-state index in [0.29, 0.717) is 6.04 Å². The summed E-state index contributed by atoms with van der Waals surface area (Å²) >= 11 is 1.83. The normalized spacial score (nSPS) is 12.6. The van der Waals surface area contributed by atoms with E-state index < -0.39 is 0 Å². The number of nitrogens with one attached hydrogen (secondary N) is 1. The summed E-state index contributed by atoms with van der Waals surface area (Å²) in [5.74, 6) is 0. The van der Waals surface area contributed by atoms with E-state index in [-0.39, 0.29) is 0 Å². The van der Waals surface area contributed by atoms with Crippen molar-refractivity contribution in [2.24, 2.45) is 0 Å². The first-order chi connectivity index (χ1) is 8.70. The molecule has 1 unspecified atom stereocenters. The summed E-state index contributed by atoms with van der Waals surface area (Å²) in [6.07, 6.45) is 1.13. The quantitative estimate of drug-likeness (QED) is 0.827.